The van der Waals surface area contributed by atoms with E-state index in [1.807, 2.05) is 0 Å². The zero-order chi connectivity index (χ0) is 30.3. The van der Waals surface area contributed by atoms with Crippen LogP contribution in [0.5, 0.6) is 5.88 Å². The number of carbonyl (C=O) groups is 5. The SMILES string of the molecule is CC(C)(C)OC(=O)CC[C@H](NC(=O)c1cc(OCC(=O)O)n(-c2cccc(F)c2)n1)C(=O)N1CCN(C(=O)O)CC1. The largest absolute Gasteiger partial charge is 0.479 e. The van der Waals surface area contributed by atoms with E-state index in [0.29, 0.717) is 0 Å². The molecule has 2 aromatic rings. The standard InChI is InChI=1S/C26H32FN5O9/c1-26(2,3)41-22(35)8-7-18(24(37)30-9-11-31(12-10-30)25(38)39)28-23(36)19-14-20(40-15-21(33)34)32(29-19)17-6-4-5-16(27)13-17/h4-6,13-14,18H,7-12,15H2,1-3H3,(H,28,36)(H,33,34)(H,38,39)/t18-/m0/s1. The highest BCUT2D eigenvalue weighted by molar-refractivity contribution is 5.96. The van der Waals surface area contributed by atoms with Crippen molar-refractivity contribution in [3.8, 4) is 11.6 Å². The maximum atomic E-state index is 13.9. The number of benzene rings is 1. The molecule has 0 aliphatic carbocycles. The van der Waals surface area contributed by atoms with Crippen LogP contribution < -0.4 is 10.1 Å². The van der Waals surface area contributed by atoms with E-state index in [2.05, 4.69) is 10.4 Å². The van der Waals surface area contributed by atoms with Crippen molar-refractivity contribution in [2.45, 2.75) is 45.3 Å². The van der Waals surface area contributed by atoms with E-state index in [4.69, 9.17) is 14.6 Å². The second-order valence-corrected chi connectivity index (χ2v) is 10.2. The van der Waals surface area contributed by atoms with Gasteiger partial charge >= 0.3 is 18.0 Å². The van der Waals surface area contributed by atoms with Gasteiger partial charge in [0, 0.05) is 38.7 Å². The van der Waals surface area contributed by atoms with Crippen LogP contribution in [0.1, 0.15) is 44.1 Å². The van der Waals surface area contributed by atoms with Crippen LogP contribution in [-0.2, 0) is 19.1 Å². The molecule has 3 amide bonds. The van der Waals surface area contributed by atoms with E-state index >= 15 is 0 Å². The van der Waals surface area contributed by atoms with Crippen molar-refractivity contribution >= 4 is 29.8 Å². The molecule has 0 saturated carbocycles. The van der Waals surface area contributed by atoms with Crippen LogP contribution in [-0.4, -0.2) is 104 Å². The molecule has 2 heterocycles. The van der Waals surface area contributed by atoms with Crippen LogP contribution in [0.2, 0.25) is 0 Å². The number of carboxylic acids is 1. The van der Waals surface area contributed by atoms with Crippen molar-refractivity contribution in [1.82, 2.24) is 24.9 Å². The summed E-state index contributed by atoms with van der Waals surface area (Å²) in [6, 6.07) is 5.10. The predicted molar refractivity (Wildman–Crippen MR) is 139 cm³/mol. The summed E-state index contributed by atoms with van der Waals surface area (Å²) in [6.45, 7) is 4.65. The first kappa shape index (κ1) is 30.8. The summed E-state index contributed by atoms with van der Waals surface area (Å²) in [4.78, 5) is 63.8. The summed E-state index contributed by atoms with van der Waals surface area (Å²) >= 11 is 0. The Hall–Kier alpha value is -4.69. The van der Waals surface area contributed by atoms with Gasteiger partial charge in [0.25, 0.3) is 5.91 Å². The molecule has 1 aromatic carbocycles. The van der Waals surface area contributed by atoms with Crippen molar-refractivity contribution in [3.05, 3.63) is 41.8 Å². The summed E-state index contributed by atoms with van der Waals surface area (Å²) in [5.41, 5.74) is -0.873. The minimum atomic E-state index is -1.29. The fourth-order valence-corrected chi connectivity index (χ4v) is 3.99. The molecule has 1 aromatic heterocycles. The van der Waals surface area contributed by atoms with E-state index < -0.39 is 53.9 Å². The third-order valence-electron chi connectivity index (χ3n) is 5.83. The fourth-order valence-electron chi connectivity index (χ4n) is 3.99. The lowest BCUT2D eigenvalue weighted by Gasteiger charge is -2.35. The van der Waals surface area contributed by atoms with E-state index in [0.717, 1.165) is 21.7 Å². The molecule has 1 aliphatic rings. The van der Waals surface area contributed by atoms with Crippen molar-refractivity contribution in [2.75, 3.05) is 32.8 Å². The number of halogens is 1. The fraction of sp³-hybridized carbons (Fsp3) is 0.462. The number of amides is 3. The molecule has 3 rings (SSSR count). The number of esters is 1. The van der Waals surface area contributed by atoms with Crippen LogP contribution in [0.3, 0.4) is 0 Å². The number of carbonyl (C=O) groups excluding carboxylic acids is 3. The van der Waals surface area contributed by atoms with Gasteiger partial charge < -0.3 is 34.8 Å². The van der Waals surface area contributed by atoms with E-state index in [-0.39, 0.29) is 56.3 Å². The number of aliphatic carboxylic acids is 1. The maximum Gasteiger partial charge on any atom is 0.407 e. The van der Waals surface area contributed by atoms with Crippen molar-refractivity contribution in [1.29, 1.82) is 0 Å². The molecule has 41 heavy (non-hydrogen) atoms. The number of rotatable bonds is 10. The molecule has 1 saturated heterocycles. The molecule has 0 bridgehead atoms. The highest BCUT2D eigenvalue weighted by Gasteiger charge is 2.32. The Kier molecular flexibility index (Phi) is 9.86. The molecule has 0 unspecified atom stereocenters. The van der Waals surface area contributed by atoms with Gasteiger partial charge in [-0.25, -0.2) is 18.7 Å². The molecule has 3 N–H and O–H groups in total. The van der Waals surface area contributed by atoms with E-state index in [1.54, 1.807) is 20.8 Å². The van der Waals surface area contributed by atoms with Crippen LogP contribution in [0.4, 0.5) is 9.18 Å². The Labute approximate surface area is 234 Å². The van der Waals surface area contributed by atoms with Crippen LogP contribution >= 0.6 is 0 Å². The van der Waals surface area contributed by atoms with E-state index in [9.17, 15) is 33.5 Å². The first-order chi connectivity index (χ1) is 19.2. The molecule has 0 radical (unpaired) electrons. The van der Waals surface area contributed by atoms with Gasteiger partial charge in [0.05, 0.1) is 5.69 Å². The number of nitrogens with one attached hydrogen (secondary N) is 1. The van der Waals surface area contributed by atoms with Gasteiger partial charge in [0.1, 0.15) is 17.5 Å². The molecular formula is C26H32FN5O9. The van der Waals surface area contributed by atoms with Crippen LogP contribution in [0, 0.1) is 5.82 Å². The third kappa shape index (κ3) is 8.91. The van der Waals surface area contributed by atoms with Gasteiger partial charge in [0.2, 0.25) is 11.8 Å². The summed E-state index contributed by atoms with van der Waals surface area (Å²) in [5.74, 6) is -4.02. The number of nitrogens with zero attached hydrogens (tertiary/aromatic N) is 4. The van der Waals surface area contributed by atoms with Crippen molar-refractivity contribution < 1.29 is 48.0 Å². The first-order valence-corrected chi connectivity index (χ1v) is 12.7. The van der Waals surface area contributed by atoms with Gasteiger partial charge in [-0.05, 0) is 45.4 Å². The first-order valence-electron chi connectivity index (χ1n) is 12.7. The Morgan fingerprint density at radius 3 is 2.29 bits per heavy atom. The number of aromatic nitrogens is 2. The summed E-state index contributed by atoms with van der Waals surface area (Å²) in [6.07, 6.45) is -1.43. The molecule has 1 fully saturated rings. The number of piperazine rings is 1. The Bertz CT molecular complexity index is 1300. The Morgan fingerprint density at radius 2 is 1.71 bits per heavy atom. The molecule has 15 heteroatoms. The van der Waals surface area contributed by atoms with Gasteiger partial charge in [-0.2, -0.15) is 5.10 Å². The zero-order valence-electron chi connectivity index (χ0n) is 22.8. The molecule has 0 spiro atoms. The Balaban J connectivity index is 1.83. The predicted octanol–water partition coefficient (Wildman–Crippen LogP) is 1.52. The highest BCUT2D eigenvalue weighted by Crippen LogP contribution is 2.21. The minimum Gasteiger partial charge on any atom is -0.479 e. The summed E-state index contributed by atoms with van der Waals surface area (Å²) in [5, 5.41) is 24.9. The molecular weight excluding hydrogens is 545 g/mol. The quantitative estimate of drug-likeness (QED) is 0.350. The minimum absolute atomic E-state index is 0.0795. The normalized spacial score (nSPS) is 14.2. The second-order valence-electron chi connectivity index (χ2n) is 10.2. The van der Waals surface area contributed by atoms with Gasteiger partial charge in [0.15, 0.2) is 12.3 Å². The zero-order valence-corrected chi connectivity index (χ0v) is 22.8. The average molecular weight is 578 g/mol. The van der Waals surface area contributed by atoms with Crippen molar-refractivity contribution in [2.24, 2.45) is 0 Å². The van der Waals surface area contributed by atoms with Crippen molar-refractivity contribution in [3.63, 3.8) is 0 Å². The maximum absolute atomic E-state index is 13.9. The van der Waals surface area contributed by atoms with Crippen LogP contribution in [0.25, 0.3) is 5.69 Å². The Morgan fingerprint density at radius 1 is 1.05 bits per heavy atom. The van der Waals surface area contributed by atoms with E-state index in [1.165, 1.54) is 23.1 Å². The third-order valence-corrected chi connectivity index (χ3v) is 5.83. The number of ether oxygens (including phenoxy) is 2. The molecule has 14 nitrogen and oxygen atoms in total. The lowest BCUT2D eigenvalue weighted by atomic mass is 10.1. The van der Waals surface area contributed by atoms with Crippen LogP contribution in [0.15, 0.2) is 30.3 Å². The topological polar surface area (TPSA) is 181 Å². The second kappa shape index (κ2) is 13.1. The number of carboxylic acid groups (broad SMARTS) is 2. The van der Waals surface area contributed by atoms with Gasteiger partial charge in [-0.15, -0.1) is 0 Å². The van der Waals surface area contributed by atoms with Gasteiger partial charge in [-0.3, -0.25) is 14.4 Å². The summed E-state index contributed by atoms with van der Waals surface area (Å²) in [7, 11) is 0. The number of hydrogen-bond donors (Lipinski definition) is 3. The smallest absolute Gasteiger partial charge is 0.407 e. The molecule has 1 aliphatic heterocycles. The average Bonchev–Trinajstić information content (AvgIpc) is 3.33. The lowest BCUT2D eigenvalue weighted by molar-refractivity contribution is -0.155. The molecule has 222 valence electrons. The van der Waals surface area contributed by atoms with Gasteiger partial charge in [-0.1, -0.05) is 6.07 Å². The summed E-state index contributed by atoms with van der Waals surface area (Å²) < 4.78 is 25.4. The molecule has 1 atom stereocenters. The highest BCUT2D eigenvalue weighted by atomic mass is 19.1. The number of hydrogen-bond acceptors (Lipinski definition) is 8. The monoisotopic (exact) mass is 577 g/mol. The lowest BCUT2D eigenvalue weighted by Crippen LogP contribution is -2.55.